The number of quaternary nitrogens is 1. The molecule has 0 fully saturated rings. The Morgan fingerprint density at radius 1 is 0.627 bits per heavy atom. The molecule has 0 saturated heterocycles. The number of hydrogen-bond acceptors (Lipinski definition) is 7. The monoisotopic (exact) mass is 739 g/mol. The highest BCUT2D eigenvalue weighted by atomic mass is 31.2. The Hall–Kier alpha value is -2.29. The van der Waals surface area contributed by atoms with E-state index < -0.39 is 26.5 Å². The van der Waals surface area contributed by atoms with E-state index in [1.807, 2.05) is 21.1 Å². The Morgan fingerprint density at radius 2 is 1.12 bits per heavy atom. The van der Waals surface area contributed by atoms with Crippen LogP contribution in [0.25, 0.3) is 0 Å². The number of phosphoric ester groups is 1. The van der Waals surface area contributed by atoms with Gasteiger partial charge in [-0.05, 0) is 57.8 Å². The molecule has 0 aliphatic carbocycles. The summed E-state index contributed by atoms with van der Waals surface area (Å²) in [5.74, 6) is -0.837. The summed E-state index contributed by atoms with van der Waals surface area (Å²) in [6, 6.07) is 0. The fourth-order valence-corrected chi connectivity index (χ4v) is 5.49. The van der Waals surface area contributed by atoms with Crippen molar-refractivity contribution in [1.29, 1.82) is 0 Å². The van der Waals surface area contributed by atoms with Gasteiger partial charge in [-0.3, -0.25) is 18.6 Å². The maximum absolute atomic E-state index is 12.6. The Balaban J connectivity index is 4.34. The Kier molecular flexibility index (Phi) is 32.0. The van der Waals surface area contributed by atoms with Crippen molar-refractivity contribution in [3.05, 3.63) is 60.8 Å². The van der Waals surface area contributed by atoms with E-state index in [1.165, 1.54) is 6.42 Å². The molecule has 0 saturated carbocycles. The van der Waals surface area contributed by atoms with Crippen LogP contribution in [0.5, 0.6) is 0 Å². The highest BCUT2D eigenvalue weighted by Crippen LogP contribution is 2.43. The number of ether oxygens (including phenoxy) is 2. The summed E-state index contributed by atoms with van der Waals surface area (Å²) in [5.41, 5.74) is 0. The molecule has 0 heterocycles. The summed E-state index contributed by atoms with van der Waals surface area (Å²) >= 11 is 0. The van der Waals surface area contributed by atoms with E-state index in [0.29, 0.717) is 17.4 Å². The number of hydrogen-bond donors (Lipinski definition) is 1. The predicted octanol–water partition coefficient (Wildman–Crippen LogP) is 10.5. The molecule has 2 atom stereocenters. The average molecular weight is 739 g/mol. The highest BCUT2D eigenvalue weighted by molar-refractivity contribution is 7.47. The van der Waals surface area contributed by atoms with Gasteiger partial charge < -0.3 is 18.9 Å². The fourth-order valence-electron chi connectivity index (χ4n) is 4.74. The lowest BCUT2D eigenvalue weighted by Gasteiger charge is -2.24. The summed E-state index contributed by atoms with van der Waals surface area (Å²) in [4.78, 5) is 35.0. The highest BCUT2D eigenvalue weighted by Gasteiger charge is 2.27. The molecule has 9 nitrogen and oxygen atoms in total. The van der Waals surface area contributed by atoms with E-state index >= 15 is 0 Å². The van der Waals surface area contributed by atoms with Crippen LogP contribution in [0.3, 0.4) is 0 Å². The number of nitrogens with zero attached hydrogens (tertiary/aromatic N) is 1. The van der Waals surface area contributed by atoms with Crippen LogP contribution in [0.1, 0.15) is 136 Å². The molecule has 0 aromatic rings. The third-order valence-electron chi connectivity index (χ3n) is 7.81. The second-order valence-electron chi connectivity index (χ2n) is 13.9. The number of likely N-dealkylation sites (N-methyl/N-ethyl adjacent to an activating group) is 1. The Bertz CT molecular complexity index is 1060. The molecule has 1 N–H and O–H groups in total. The molecule has 51 heavy (non-hydrogen) atoms. The van der Waals surface area contributed by atoms with Crippen molar-refractivity contribution < 1.29 is 42.1 Å². The van der Waals surface area contributed by atoms with E-state index in [-0.39, 0.29) is 32.0 Å². The van der Waals surface area contributed by atoms with Crippen molar-refractivity contribution in [2.45, 2.75) is 142 Å². The molecule has 0 aliphatic rings. The molecular weight excluding hydrogens is 665 g/mol. The van der Waals surface area contributed by atoms with Gasteiger partial charge in [0.1, 0.15) is 19.8 Å². The first kappa shape index (κ1) is 48.7. The molecule has 0 aliphatic heterocycles. The van der Waals surface area contributed by atoms with Gasteiger partial charge in [0.25, 0.3) is 0 Å². The molecule has 0 rings (SSSR count). The fraction of sp³-hybridized carbons (Fsp3) is 0.707. The SMILES string of the molecule is CC/C=C\C/C=C\C/C=C\C/C=C\C/C=C\CCCCCCCC(=O)OC(COC(=O)CCCCCCCC)COP(=O)(O)OCC[N+](C)(C)C. The number of carbonyl (C=O) groups is 2. The maximum atomic E-state index is 12.6. The predicted molar refractivity (Wildman–Crippen MR) is 210 cm³/mol. The molecule has 0 aromatic carbocycles. The molecule has 294 valence electrons. The molecule has 0 amide bonds. The third kappa shape index (κ3) is 37.3. The molecule has 0 aromatic heterocycles. The van der Waals surface area contributed by atoms with Gasteiger partial charge in [-0.1, -0.05) is 126 Å². The molecule has 2 unspecified atom stereocenters. The van der Waals surface area contributed by atoms with Crippen LogP contribution in [0.2, 0.25) is 0 Å². The van der Waals surface area contributed by atoms with Crippen molar-refractivity contribution in [2.24, 2.45) is 0 Å². The van der Waals surface area contributed by atoms with Crippen LogP contribution in [0.15, 0.2) is 60.8 Å². The van der Waals surface area contributed by atoms with Crippen LogP contribution in [0.4, 0.5) is 0 Å². The first-order valence-corrected chi connectivity index (χ1v) is 21.0. The van der Waals surface area contributed by atoms with Crippen LogP contribution < -0.4 is 0 Å². The van der Waals surface area contributed by atoms with E-state index in [1.54, 1.807) is 0 Å². The summed E-state index contributed by atoms with van der Waals surface area (Å²) in [6.45, 7) is 4.18. The van der Waals surface area contributed by atoms with Gasteiger partial charge in [0.15, 0.2) is 6.10 Å². The van der Waals surface area contributed by atoms with E-state index in [0.717, 1.165) is 96.3 Å². The van der Waals surface area contributed by atoms with Gasteiger partial charge in [-0.25, -0.2) is 4.57 Å². The minimum atomic E-state index is -4.37. The zero-order chi connectivity index (χ0) is 37.9. The van der Waals surface area contributed by atoms with Crippen LogP contribution in [-0.4, -0.2) is 74.9 Å². The summed E-state index contributed by atoms with van der Waals surface area (Å²) in [6.07, 6.45) is 38.7. The average Bonchev–Trinajstić information content (AvgIpc) is 3.07. The molecule has 0 spiro atoms. The van der Waals surface area contributed by atoms with Crippen molar-refractivity contribution in [2.75, 3.05) is 47.5 Å². The Labute approximate surface area is 311 Å². The van der Waals surface area contributed by atoms with Crippen LogP contribution in [-0.2, 0) is 32.7 Å². The molecule has 10 heteroatoms. The zero-order valence-electron chi connectivity index (χ0n) is 32.8. The van der Waals surface area contributed by atoms with E-state index in [4.69, 9.17) is 18.5 Å². The number of phosphoric acid groups is 1. The number of allylic oxidation sites excluding steroid dienone is 10. The first-order chi connectivity index (χ1) is 24.5. The molecular formula is C41H73NO8P+. The van der Waals surface area contributed by atoms with Gasteiger partial charge in [-0.15, -0.1) is 0 Å². The largest absolute Gasteiger partial charge is 0.472 e. The van der Waals surface area contributed by atoms with Crippen LogP contribution in [0, 0.1) is 0 Å². The van der Waals surface area contributed by atoms with Crippen molar-refractivity contribution in [1.82, 2.24) is 0 Å². The minimum Gasteiger partial charge on any atom is -0.462 e. The van der Waals surface area contributed by atoms with Crippen LogP contribution >= 0.6 is 7.82 Å². The van der Waals surface area contributed by atoms with E-state index in [2.05, 4.69) is 74.6 Å². The Morgan fingerprint density at radius 3 is 1.67 bits per heavy atom. The lowest BCUT2D eigenvalue weighted by Crippen LogP contribution is -2.37. The summed E-state index contributed by atoms with van der Waals surface area (Å²) in [7, 11) is 1.45. The van der Waals surface area contributed by atoms with E-state index in [9.17, 15) is 19.0 Å². The number of esters is 2. The minimum absolute atomic E-state index is 0.0251. The number of unbranched alkanes of at least 4 members (excludes halogenated alkanes) is 10. The number of rotatable bonds is 34. The maximum Gasteiger partial charge on any atom is 0.472 e. The van der Waals surface area contributed by atoms with Crippen molar-refractivity contribution >= 4 is 19.8 Å². The number of carbonyl (C=O) groups excluding carboxylic acids is 2. The molecule has 0 radical (unpaired) electrons. The second kappa shape index (κ2) is 33.5. The van der Waals surface area contributed by atoms with Crippen molar-refractivity contribution in [3.63, 3.8) is 0 Å². The zero-order valence-corrected chi connectivity index (χ0v) is 33.7. The smallest absolute Gasteiger partial charge is 0.462 e. The quantitative estimate of drug-likeness (QED) is 0.0229. The second-order valence-corrected chi connectivity index (χ2v) is 15.4. The summed E-state index contributed by atoms with van der Waals surface area (Å²) < 4.78 is 34.0. The molecule has 0 bridgehead atoms. The van der Waals surface area contributed by atoms with Gasteiger partial charge in [0.2, 0.25) is 0 Å². The van der Waals surface area contributed by atoms with Gasteiger partial charge >= 0.3 is 19.8 Å². The lowest BCUT2D eigenvalue weighted by atomic mass is 10.1. The first-order valence-electron chi connectivity index (χ1n) is 19.5. The van der Waals surface area contributed by atoms with Gasteiger partial charge in [-0.2, -0.15) is 0 Å². The normalized spacial score (nSPS) is 14.4. The van der Waals surface area contributed by atoms with Gasteiger partial charge in [0.05, 0.1) is 27.7 Å². The topological polar surface area (TPSA) is 108 Å². The third-order valence-corrected chi connectivity index (χ3v) is 8.80. The van der Waals surface area contributed by atoms with Crippen molar-refractivity contribution in [3.8, 4) is 0 Å². The van der Waals surface area contributed by atoms with Gasteiger partial charge in [0, 0.05) is 12.8 Å². The summed E-state index contributed by atoms with van der Waals surface area (Å²) in [5, 5.41) is 0. The lowest BCUT2D eigenvalue weighted by molar-refractivity contribution is -0.870. The standard InChI is InChI=1S/C41H72NO8P/c1-6-8-10-12-14-15-16-17-18-19-20-21-22-23-24-25-26-27-28-30-32-34-41(44)50-39(37-47-40(43)33-31-29-13-11-9-7-2)38-49-51(45,46)48-36-35-42(3,4)5/h8,10,14-15,17-18,20-21,23-24,39H,6-7,9,11-13,16,19,22,25-38H2,1-5H3/p+1/b10-8-,15-14-,18-17-,21-20-,24-23-.